The lowest BCUT2D eigenvalue weighted by Gasteiger charge is -2.21. The van der Waals surface area contributed by atoms with Gasteiger partial charge in [0.1, 0.15) is 0 Å². The van der Waals surface area contributed by atoms with Crippen LogP contribution in [0.4, 0.5) is 0 Å². The van der Waals surface area contributed by atoms with Crippen molar-refractivity contribution in [2.75, 3.05) is 20.3 Å². The van der Waals surface area contributed by atoms with Crippen LogP contribution in [-0.2, 0) is 4.74 Å². The van der Waals surface area contributed by atoms with Crippen molar-refractivity contribution < 1.29 is 4.74 Å². The maximum atomic E-state index is 5.05. The van der Waals surface area contributed by atoms with E-state index in [0.29, 0.717) is 6.04 Å². The number of hydrogen-bond donors (Lipinski definition) is 1. The Morgan fingerprint density at radius 2 is 1.65 bits per heavy atom. The van der Waals surface area contributed by atoms with Crippen molar-refractivity contribution in [1.82, 2.24) is 5.32 Å². The Morgan fingerprint density at radius 3 is 2.29 bits per heavy atom. The van der Waals surface area contributed by atoms with Crippen LogP contribution in [0, 0.1) is 5.92 Å². The van der Waals surface area contributed by atoms with Crippen molar-refractivity contribution in [3.8, 4) is 0 Å². The molecule has 17 heavy (non-hydrogen) atoms. The van der Waals surface area contributed by atoms with Gasteiger partial charge < -0.3 is 10.1 Å². The Labute approximate surface area is 109 Å². The molecule has 2 unspecified atom stereocenters. The van der Waals surface area contributed by atoms with Crippen LogP contribution in [0.3, 0.4) is 0 Å². The summed E-state index contributed by atoms with van der Waals surface area (Å²) < 4.78 is 5.05. The summed E-state index contributed by atoms with van der Waals surface area (Å²) in [6.07, 6.45) is 9.75. The first kappa shape index (κ1) is 16.9. The zero-order valence-corrected chi connectivity index (χ0v) is 12.4. The largest absolute Gasteiger partial charge is 0.383 e. The lowest BCUT2D eigenvalue weighted by atomic mass is 9.96. The molecule has 0 radical (unpaired) electrons. The molecule has 0 aliphatic heterocycles. The van der Waals surface area contributed by atoms with Gasteiger partial charge in [-0.2, -0.15) is 0 Å². The van der Waals surface area contributed by atoms with Crippen molar-refractivity contribution in [2.24, 2.45) is 5.92 Å². The van der Waals surface area contributed by atoms with E-state index in [9.17, 15) is 0 Å². The fourth-order valence-corrected chi connectivity index (χ4v) is 2.09. The number of hydrogen-bond acceptors (Lipinski definition) is 2. The minimum Gasteiger partial charge on any atom is -0.383 e. The molecular weight excluding hydrogens is 210 g/mol. The zero-order chi connectivity index (χ0) is 12.9. The van der Waals surface area contributed by atoms with Gasteiger partial charge in [-0.25, -0.2) is 0 Å². The lowest BCUT2D eigenvalue weighted by molar-refractivity contribution is 0.192. The van der Waals surface area contributed by atoms with E-state index >= 15 is 0 Å². The van der Waals surface area contributed by atoms with Crippen LogP contribution >= 0.6 is 0 Å². The van der Waals surface area contributed by atoms with Gasteiger partial charge in [0, 0.05) is 19.7 Å². The molecule has 2 heteroatoms. The minimum atomic E-state index is 0.612. The fourth-order valence-electron chi connectivity index (χ4n) is 2.09. The van der Waals surface area contributed by atoms with Gasteiger partial charge in [-0.15, -0.1) is 0 Å². The summed E-state index contributed by atoms with van der Waals surface area (Å²) in [5.41, 5.74) is 0. The van der Waals surface area contributed by atoms with E-state index in [2.05, 4.69) is 26.1 Å². The molecule has 0 aliphatic rings. The minimum absolute atomic E-state index is 0.612. The van der Waals surface area contributed by atoms with Gasteiger partial charge in [0.2, 0.25) is 0 Å². The highest BCUT2D eigenvalue weighted by molar-refractivity contribution is 4.68. The smallest absolute Gasteiger partial charge is 0.0587 e. The van der Waals surface area contributed by atoms with Gasteiger partial charge in [-0.1, -0.05) is 52.4 Å². The molecule has 0 fully saturated rings. The zero-order valence-electron chi connectivity index (χ0n) is 12.4. The highest BCUT2D eigenvalue weighted by Gasteiger charge is 2.10. The molecule has 0 saturated carbocycles. The van der Waals surface area contributed by atoms with Crippen molar-refractivity contribution in [1.29, 1.82) is 0 Å². The average Bonchev–Trinajstić information content (AvgIpc) is 2.33. The number of methoxy groups -OCH3 is 1. The molecule has 0 aromatic heterocycles. The molecule has 1 N–H and O–H groups in total. The van der Waals surface area contributed by atoms with E-state index in [0.717, 1.165) is 19.1 Å². The second-order valence-corrected chi connectivity index (χ2v) is 5.27. The second-order valence-electron chi connectivity index (χ2n) is 5.27. The van der Waals surface area contributed by atoms with Crippen LogP contribution in [0.15, 0.2) is 0 Å². The highest BCUT2D eigenvalue weighted by Crippen LogP contribution is 2.14. The van der Waals surface area contributed by atoms with Crippen LogP contribution in [0.2, 0.25) is 0 Å². The molecule has 0 aromatic rings. The predicted molar refractivity (Wildman–Crippen MR) is 76.5 cm³/mol. The number of unbranched alkanes of at least 4 members (excludes halogenated alkanes) is 5. The molecule has 0 spiro atoms. The molecule has 0 heterocycles. The Hall–Kier alpha value is -0.0800. The first-order chi connectivity index (χ1) is 8.22. The van der Waals surface area contributed by atoms with Gasteiger partial charge in [0.15, 0.2) is 0 Å². The van der Waals surface area contributed by atoms with Crippen LogP contribution < -0.4 is 5.32 Å². The quantitative estimate of drug-likeness (QED) is 0.523. The first-order valence-electron chi connectivity index (χ1n) is 7.44. The Balaban J connectivity index is 3.34. The Kier molecular flexibility index (Phi) is 12.3. The molecule has 2 atom stereocenters. The second kappa shape index (κ2) is 12.4. The molecule has 104 valence electrons. The third-order valence-corrected chi connectivity index (χ3v) is 3.64. The third kappa shape index (κ3) is 10.8. The third-order valence-electron chi connectivity index (χ3n) is 3.64. The van der Waals surface area contributed by atoms with Crippen molar-refractivity contribution in [3.63, 3.8) is 0 Å². The maximum Gasteiger partial charge on any atom is 0.0587 e. The first-order valence-corrected chi connectivity index (χ1v) is 7.44. The van der Waals surface area contributed by atoms with Gasteiger partial charge in [-0.3, -0.25) is 0 Å². The summed E-state index contributed by atoms with van der Waals surface area (Å²) in [6, 6.07) is 0.612. The number of nitrogens with one attached hydrogen (secondary N) is 1. The predicted octanol–water partition coefficient (Wildman–Crippen LogP) is 4.00. The molecule has 0 bridgehead atoms. The molecule has 0 aliphatic carbocycles. The van der Waals surface area contributed by atoms with Crippen molar-refractivity contribution in [2.45, 2.75) is 71.8 Å². The van der Waals surface area contributed by atoms with Crippen LogP contribution in [0.5, 0.6) is 0 Å². The molecule has 0 aromatic carbocycles. The van der Waals surface area contributed by atoms with Gasteiger partial charge >= 0.3 is 0 Å². The average molecular weight is 243 g/mol. The van der Waals surface area contributed by atoms with Gasteiger partial charge in [0.05, 0.1) is 6.61 Å². The van der Waals surface area contributed by atoms with E-state index in [1.165, 1.54) is 44.9 Å². The Bertz CT molecular complexity index is 150. The number of ether oxygens (including phenoxy) is 1. The topological polar surface area (TPSA) is 21.3 Å². The lowest BCUT2D eigenvalue weighted by Crippen LogP contribution is -2.34. The van der Waals surface area contributed by atoms with E-state index in [-0.39, 0.29) is 0 Å². The van der Waals surface area contributed by atoms with Crippen molar-refractivity contribution >= 4 is 0 Å². The molecule has 2 nitrogen and oxygen atoms in total. The summed E-state index contributed by atoms with van der Waals surface area (Å²) in [5.74, 6) is 0.776. The Morgan fingerprint density at radius 1 is 1.00 bits per heavy atom. The molecule has 0 rings (SSSR count). The van der Waals surface area contributed by atoms with Crippen LogP contribution in [0.25, 0.3) is 0 Å². The summed E-state index contributed by atoms with van der Waals surface area (Å²) in [5, 5.41) is 3.52. The van der Waals surface area contributed by atoms with E-state index in [1.807, 2.05) is 0 Å². The molecule has 0 amide bonds. The summed E-state index contributed by atoms with van der Waals surface area (Å²) in [6.45, 7) is 8.70. The SMILES string of the molecule is CCCCCCCCC(C)C(C)NCCOC. The van der Waals surface area contributed by atoms with Crippen LogP contribution in [0.1, 0.15) is 65.7 Å². The van der Waals surface area contributed by atoms with Crippen molar-refractivity contribution in [3.05, 3.63) is 0 Å². The monoisotopic (exact) mass is 243 g/mol. The van der Waals surface area contributed by atoms with Gasteiger partial charge in [0.25, 0.3) is 0 Å². The van der Waals surface area contributed by atoms with E-state index < -0.39 is 0 Å². The molecular formula is C15H33NO. The number of rotatable bonds is 12. The normalized spacial score (nSPS) is 14.8. The van der Waals surface area contributed by atoms with Crippen LogP contribution in [-0.4, -0.2) is 26.3 Å². The maximum absolute atomic E-state index is 5.05. The standard InChI is InChI=1S/C15H33NO/c1-5-6-7-8-9-10-11-14(2)15(3)16-12-13-17-4/h14-16H,5-13H2,1-4H3. The summed E-state index contributed by atoms with van der Waals surface area (Å²) in [4.78, 5) is 0. The van der Waals surface area contributed by atoms with E-state index in [1.54, 1.807) is 7.11 Å². The fraction of sp³-hybridized carbons (Fsp3) is 1.00. The summed E-state index contributed by atoms with van der Waals surface area (Å²) in [7, 11) is 1.76. The highest BCUT2D eigenvalue weighted by atomic mass is 16.5. The van der Waals surface area contributed by atoms with Gasteiger partial charge in [-0.05, 0) is 19.3 Å². The summed E-state index contributed by atoms with van der Waals surface area (Å²) >= 11 is 0. The molecule has 0 saturated heterocycles. The van der Waals surface area contributed by atoms with E-state index in [4.69, 9.17) is 4.74 Å².